The van der Waals surface area contributed by atoms with Gasteiger partial charge in [-0.2, -0.15) is 0 Å². The number of nitrogens with zero attached hydrogens (tertiary/aromatic N) is 2. The van der Waals surface area contributed by atoms with Crippen molar-refractivity contribution in [3.05, 3.63) is 53.9 Å². The average Bonchev–Trinajstić information content (AvgIpc) is 2.55. The standard InChI is InChI=1S/C18H21N3O.2ClH/c1-13-4-6-14(7-5-13)15-9-16(11-20-10-15)18(22)21-8-2-3-17(19)12-21;;/h4-7,9-11,17H,2-3,8,12,19H2,1H3;2*1H. The van der Waals surface area contributed by atoms with Crippen molar-refractivity contribution in [1.82, 2.24) is 9.88 Å². The number of benzene rings is 1. The van der Waals surface area contributed by atoms with E-state index in [4.69, 9.17) is 5.73 Å². The van der Waals surface area contributed by atoms with Crippen LogP contribution in [-0.4, -0.2) is 34.9 Å². The highest BCUT2D eigenvalue weighted by Crippen LogP contribution is 2.21. The molecule has 1 unspecified atom stereocenters. The van der Waals surface area contributed by atoms with Crippen LogP contribution in [0.5, 0.6) is 0 Å². The molecule has 0 bridgehead atoms. The average molecular weight is 368 g/mol. The van der Waals surface area contributed by atoms with Gasteiger partial charge in [0.15, 0.2) is 0 Å². The van der Waals surface area contributed by atoms with Crippen LogP contribution in [0, 0.1) is 6.92 Å². The molecule has 130 valence electrons. The highest BCUT2D eigenvalue weighted by molar-refractivity contribution is 5.95. The molecule has 1 amide bonds. The first-order valence-electron chi connectivity index (χ1n) is 7.70. The molecule has 1 aliphatic heterocycles. The molecule has 0 aliphatic carbocycles. The molecule has 1 atom stereocenters. The van der Waals surface area contributed by atoms with Gasteiger partial charge in [0.1, 0.15) is 0 Å². The Morgan fingerprint density at radius 3 is 2.54 bits per heavy atom. The van der Waals surface area contributed by atoms with Crippen LogP contribution < -0.4 is 5.73 Å². The molecular formula is C18H23Cl2N3O. The van der Waals surface area contributed by atoms with Gasteiger partial charge in [-0.1, -0.05) is 29.8 Å². The van der Waals surface area contributed by atoms with Crippen molar-refractivity contribution in [2.75, 3.05) is 13.1 Å². The number of carbonyl (C=O) groups is 1. The van der Waals surface area contributed by atoms with Gasteiger partial charge < -0.3 is 10.6 Å². The van der Waals surface area contributed by atoms with E-state index in [-0.39, 0.29) is 36.8 Å². The Morgan fingerprint density at radius 2 is 1.88 bits per heavy atom. The van der Waals surface area contributed by atoms with E-state index in [1.54, 1.807) is 12.4 Å². The molecule has 1 aromatic carbocycles. The SMILES string of the molecule is Cc1ccc(-c2cncc(C(=O)N3CCCC(N)C3)c2)cc1.Cl.Cl. The second-order valence-corrected chi connectivity index (χ2v) is 5.98. The molecule has 2 aromatic rings. The van der Waals surface area contributed by atoms with Gasteiger partial charge in [-0.15, -0.1) is 24.8 Å². The van der Waals surface area contributed by atoms with E-state index >= 15 is 0 Å². The Labute approximate surface area is 155 Å². The van der Waals surface area contributed by atoms with Crippen molar-refractivity contribution < 1.29 is 4.79 Å². The zero-order valence-electron chi connectivity index (χ0n) is 13.6. The molecule has 0 spiro atoms. The number of aromatic nitrogens is 1. The second kappa shape index (κ2) is 9.02. The molecule has 2 heterocycles. The number of aryl methyl sites for hydroxylation is 1. The summed E-state index contributed by atoms with van der Waals surface area (Å²) in [6, 6.07) is 10.2. The van der Waals surface area contributed by atoms with E-state index in [1.165, 1.54) is 5.56 Å². The predicted octanol–water partition coefficient (Wildman–Crippen LogP) is 3.46. The summed E-state index contributed by atoms with van der Waals surface area (Å²) >= 11 is 0. The molecule has 2 N–H and O–H groups in total. The third kappa shape index (κ3) is 4.69. The van der Waals surface area contributed by atoms with Crippen LogP contribution in [0.2, 0.25) is 0 Å². The van der Waals surface area contributed by atoms with Crippen LogP contribution in [0.1, 0.15) is 28.8 Å². The van der Waals surface area contributed by atoms with Crippen LogP contribution in [0.4, 0.5) is 0 Å². The summed E-state index contributed by atoms with van der Waals surface area (Å²) in [5, 5.41) is 0. The molecule has 0 saturated carbocycles. The normalized spacial score (nSPS) is 16.8. The topological polar surface area (TPSA) is 59.2 Å². The molecule has 6 heteroatoms. The first-order valence-corrected chi connectivity index (χ1v) is 7.70. The summed E-state index contributed by atoms with van der Waals surface area (Å²) in [5.74, 6) is 0.0246. The van der Waals surface area contributed by atoms with E-state index in [9.17, 15) is 4.79 Å². The van der Waals surface area contributed by atoms with E-state index in [0.717, 1.165) is 30.5 Å². The summed E-state index contributed by atoms with van der Waals surface area (Å²) < 4.78 is 0. The van der Waals surface area contributed by atoms with E-state index in [0.29, 0.717) is 12.1 Å². The van der Waals surface area contributed by atoms with Crippen molar-refractivity contribution in [3.8, 4) is 11.1 Å². The first-order chi connectivity index (χ1) is 10.6. The van der Waals surface area contributed by atoms with Crippen LogP contribution in [0.15, 0.2) is 42.7 Å². The van der Waals surface area contributed by atoms with Gasteiger partial charge in [0, 0.05) is 37.1 Å². The number of amides is 1. The molecule has 1 saturated heterocycles. The van der Waals surface area contributed by atoms with E-state index in [2.05, 4.69) is 36.2 Å². The number of pyridine rings is 1. The second-order valence-electron chi connectivity index (χ2n) is 5.98. The van der Waals surface area contributed by atoms with Gasteiger partial charge in [-0.05, 0) is 31.4 Å². The van der Waals surface area contributed by atoms with Crippen molar-refractivity contribution in [2.24, 2.45) is 5.73 Å². The minimum atomic E-state index is 0. The van der Waals surface area contributed by atoms with Crippen molar-refractivity contribution in [1.29, 1.82) is 0 Å². The van der Waals surface area contributed by atoms with Crippen molar-refractivity contribution in [3.63, 3.8) is 0 Å². The van der Waals surface area contributed by atoms with Crippen LogP contribution in [0.3, 0.4) is 0 Å². The smallest absolute Gasteiger partial charge is 0.255 e. The number of hydrogen-bond acceptors (Lipinski definition) is 3. The van der Waals surface area contributed by atoms with Gasteiger partial charge in [0.25, 0.3) is 5.91 Å². The quantitative estimate of drug-likeness (QED) is 0.883. The van der Waals surface area contributed by atoms with Crippen molar-refractivity contribution >= 4 is 30.7 Å². The molecule has 0 radical (unpaired) electrons. The molecule has 1 aromatic heterocycles. The van der Waals surface area contributed by atoms with Gasteiger partial charge in [0.05, 0.1) is 5.56 Å². The molecule has 4 nitrogen and oxygen atoms in total. The lowest BCUT2D eigenvalue weighted by atomic mass is 10.0. The number of likely N-dealkylation sites (tertiary alicyclic amines) is 1. The van der Waals surface area contributed by atoms with Crippen LogP contribution >= 0.6 is 24.8 Å². The van der Waals surface area contributed by atoms with E-state index < -0.39 is 0 Å². The first kappa shape index (κ1) is 20.4. The Hall–Kier alpha value is -1.62. The fraction of sp³-hybridized carbons (Fsp3) is 0.333. The third-order valence-electron chi connectivity index (χ3n) is 4.12. The minimum Gasteiger partial charge on any atom is -0.337 e. The fourth-order valence-corrected chi connectivity index (χ4v) is 2.84. The number of halogens is 2. The summed E-state index contributed by atoms with van der Waals surface area (Å²) in [5.41, 5.74) is 9.85. The molecular weight excluding hydrogens is 345 g/mol. The third-order valence-corrected chi connectivity index (χ3v) is 4.12. The summed E-state index contributed by atoms with van der Waals surface area (Å²) in [6.45, 7) is 3.47. The predicted molar refractivity (Wildman–Crippen MR) is 102 cm³/mol. The maximum atomic E-state index is 12.6. The fourth-order valence-electron chi connectivity index (χ4n) is 2.84. The largest absolute Gasteiger partial charge is 0.337 e. The lowest BCUT2D eigenvalue weighted by molar-refractivity contribution is 0.0708. The van der Waals surface area contributed by atoms with Gasteiger partial charge in [0.2, 0.25) is 0 Å². The van der Waals surface area contributed by atoms with Crippen molar-refractivity contribution in [2.45, 2.75) is 25.8 Å². The lowest BCUT2D eigenvalue weighted by Gasteiger charge is -2.30. The molecule has 24 heavy (non-hydrogen) atoms. The van der Waals surface area contributed by atoms with Crippen LogP contribution in [-0.2, 0) is 0 Å². The number of piperidine rings is 1. The van der Waals surface area contributed by atoms with Gasteiger partial charge in [-0.3, -0.25) is 9.78 Å². The monoisotopic (exact) mass is 367 g/mol. The summed E-state index contributed by atoms with van der Waals surface area (Å²) in [7, 11) is 0. The Bertz CT molecular complexity index is 676. The highest BCUT2D eigenvalue weighted by Gasteiger charge is 2.22. The summed E-state index contributed by atoms with van der Waals surface area (Å²) in [4.78, 5) is 18.7. The highest BCUT2D eigenvalue weighted by atomic mass is 35.5. The maximum absolute atomic E-state index is 12.6. The zero-order chi connectivity index (χ0) is 15.5. The minimum absolute atomic E-state index is 0. The number of carbonyl (C=O) groups excluding carboxylic acids is 1. The van der Waals surface area contributed by atoms with Crippen LogP contribution in [0.25, 0.3) is 11.1 Å². The zero-order valence-corrected chi connectivity index (χ0v) is 15.3. The molecule has 1 aliphatic rings. The van der Waals surface area contributed by atoms with Gasteiger partial charge >= 0.3 is 0 Å². The Balaban J connectivity index is 0.00000144. The molecule has 1 fully saturated rings. The number of rotatable bonds is 2. The van der Waals surface area contributed by atoms with E-state index in [1.807, 2.05) is 11.0 Å². The number of hydrogen-bond donors (Lipinski definition) is 1. The maximum Gasteiger partial charge on any atom is 0.255 e. The number of nitrogens with two attached hydrogens (primary N) is 1. The Kier molecular flexibility index (Phi) is 7.67. The Morgan fingerprint density at radius 1 is 1.17 bits per heavy atom. The summed E-state index contributed by atoms with van der Waals surface area (Å²) in [6.07, 6.45) is 5.40. The lowest BCUT2D eigenvalue weighted by Crippen LogP contribution is -2.45. The molecule has 3 rings (SSSR count). The van der Waals surface area contributed by atoms with Gasteiger partial charge in [-0.25, -0.2) is 0 Å².